The van der Waals surface area contributed by atoms with Crippen molar-refractivity contribution < 1.29 is 4.74 Å². The fourth-order valence-corrected chi connectivity index (χ4v) is 2.37. The highest BCUT2D eigenvalue weighted by Gasteiger charge is 2.17. The molecule has 0 saturated carbocycles. The molecular formula is C16H29N3O. The van der Waals surface area contributed by atoms with Crippen molar-refractivity contribution in [2.75, 3.05) is 20.3 Å². The molecule has 1 N–H and O–H groups in total. The first-order valence-electron chi connectivity index (χ1n) is 7.32. The fourth-order valence-electron chi connectivity index (χ4n) is 2.37. The van der Waals surface area contributed by atoms with Crippen LogP contribution >= 0.6 is 0 Å². The number of ether oxygens (including phenoxy) is 1. The van der Waals surface area contributed by atoms with E-state index < -0.39 is 0 Å². The van der Waals surface area contributed by atoms with E-state index in [1.165, 1.54) is 5.56 Å². The van der Waals surface area contributed by atoms with Gasteiger partial charge in [0.1, 0.15) is 5.82 Å². The molecular weight excluding hydrogens is 250 g/mol. The predicted octanol–water partition coefficient (Wildman–Crippen LogP) is 2.77. The number of rotatable bonds is 6. The van der Waals surface area contributed by atoms with E-state index in [1.807, 2.05) is 0 Å². The zero-order valence-electron chi connectivity index (χ0n) is 14.0. The van der Waals surface area contributed by atoms with E-state index in [1.54, 1.807) is 7.11 Å². The van der Waals surface area contributed by atoms with Crippen molar-refractivity contribution in [3.63, 3.8) is 0 Å². The summed E-state index contributed by atoms with van der Waals surface area (Å²) in [6.07, 6.45) is 0.771. The largest absolute Gasteiger partial charge is 0.384 e. The SMILES string of the molecule is COCCc1nc(C)c(C(C)CNC(C)(C)C)c(C)n1. The standard InChI is InChI=1S/C16H29N3O/c1-11(10-17-16(4,5)6)15-12(2)18-14(8-9-20-7)19-13(15)3/h11,17H,8-10H2,1-7H3. The lowest BCUT2D eigenvalue weighted by Crippen LogP contribution is -2.38. The van der Waals surface area contributed by atoms with Crippen molar-refractivity contribution in [1.82, 2.24) is 15.3 Å². The van der Waals surface area contributed by atoms with Gasteiger partial charge in [0.15, 0.2) is 0 Å². The van der Waals surface area contributed by atoms with Gasteiger partial charge in [-0.05, 0) is 46.1 Å². The number of nitrogens with zero attached hydrogens (tertiary/aromatic N) is 2. The summed E-state index contributed by atoms with van der Waals surface area (Å²) in [4.78, 5) is 9.24. The maximum atomic E-state index is 5.09. The van der Waals surface area contributed by atoms with Crippen LogP contribution in [0.25, 0.3) is 0 Å². The zero-order chi connectivity index (χ0) is 15.3. The Labute approximate surface area is 123 Å². The number of methoxy groups -OCH3 is 1. The van der Waals surface area contributed by atoms with E-state index in [2.05, 4.69) is 56.8 Å². The van der Waals surface area contributed by atoms with E-state index >= 15 is 0 Å². The Balaban J connectivity index is 2.84. The van der Waals surface area contributed by atoms with Crippen molar-refractivity contribution in [3.05, 3.63) is 22.8 Å². The van der Waals surface area contributed by atoms with Crippen molar-refractivity contribution in [3.8, 4) is 0 Å². The van der Waals surface area contributed by atoms with Gasteiger partial charge in [-0.1, -0.05) is 6.92 Å². The zero-order valence-corrected chi connectivity index (χ0v) is 14.0. The quantitative estimate of drug-likeness (QED) is 0.870. The summed E-state index contributed by atoms with van der Waals surface area (Å²) >= 11 is 0. The van der Waals surface area contributed by atoms with E-state index in [0.29, 0.717) is 12.5 Å². The molecule has 0 aliphatic heterocycles. The van der Waals surface area contributed by atoms with Gasteiger partial charge >= 0.3 is 0 Å². The summed E-state index contributed by atoms with van der Waals surface area (Å²) in [7, 11) is 1.70. The monoisotopic (exact) mass is 279 g/mol. The first-order chi connectivity index (χ1) is 9.24. The third-order valence-electron chi connectivity index (χ3n) is 3.33. The van der Waals surface area contributed by atoms with Crippen molar-refractivity contribution in [2.24, 2.45) is 0 Å². The molecule has 0 spiro atoms. The van der Waals surface area contributed by atoms with Gasteiger partial charge in [-0.25, -0.2) is 9.97 Å². The summed E-state index contributed by atoms with van der Waals surface area (Å²) in [6.45, 7) is 14.5. The average molecular weight is 279 g/mol. The third-order valence-corrected chi connectivity index (χ3v) is 3.33. The Morgan fingerprint density at radius 2 is 1.70 bits per heavy atom. The molecule has 4 nitrogen and oxygen atoms in total. The molecule has 0 saturated heterocycles. The first-order valence-corrected chi connectivity index (χ1v) is 7.32. The highest BCUT2D eigenvalue weighted by molar-refractivity contribution is 5.28. The van der Waals surface area contributed by atoms with E-state index in [0.717, 1.165) is 30.2 Å². The van der Waals surface area contributed by atoms with E-state index in [9.17, 15) is 0 Å². The third kappa shape index (κ3) is 5.17. The van der Waals surface area contributed by atoms with Crippen molar-refractivity contribution in [2.45, 2.75) is 59.4 Å². The number of aryl methyl sites for hydroxylation is 2. The summed E-state index contributed by atoms with van der Waals surface area (Å²) in [5.41, 5.74) is 3.58. The maximum Gasteiger partial charge on any atom is 0.131 e. The fraction of sp³-hybridized carbons (Fsp3) is 0.750. The van der Waals surface area contributed by atoms with Gasteiger partial charge in [-0.15, -0.1) is 0 Å². The van der Waals surface area contributed by atoms with Crippen LogP contribution in [0.4, 0.5) is 0 Å². The highest BCUT2D eigenvalue weighted by atomic mass is 16.5. The van der Waals surface area contributed by atoms with Gasteiger partial charge in [-0.3, -0.25) is 0 Å². The Hall–Kier alpha value is -1.00. The highest BCUT2D eigenvalue weighted by Crippen LogP contribution is 2.21. The van der Waals surface area contributed by atoms with Crippen LogP contribution in [0.3, 0.4) is 0 Å². The van der Waals surface area contributed by atoms with Gasteiger partial charge in [0.25, 0.3) is 0 Å². The Bertz CT molecular complexity index is 415. The minimum Gasteiger partial charge on any atom is -0.384 e. The molecule has 114 valence electrons. The smallest absolute Gasteiger partial charge is 0.131 e. The lowest BCUT2D eigenvalue weighted by Gasteiger charge is -2.25. The summed E-state index contributed by atoms with van der Waals surface area (Å²) in [5, 5.41) is 3.55. The molecule has 0 aromatic carbocycles. The minimum atomic E-state index is 0.134. The molecule has 1 atom stereocenters. The summed E-state index contributed by atoms with van der Waals surface area (Å²) in [5.74, 6) is 1.28. The Morgan fingerprint density at radius 1 is 1.15 bits per heavy atom. The second-order valence-corrected chi connectivity index (χ2v) is 6.50. The van der Waals surface area contributed by atoms with Crippen LogP contribution < -0.4 is 5.32 Å². The molecule has 20 heavy (non-hydrogen) atoms. The molecule has 1 unspecified atom stereocenters. The lowest BCUT2D eigenvalue weighted by atomic mass is 9.96. The number of hydrogen-bond acceptors (Lipinski definition) is 4. The molecule has 0 aliphatic carbocycles. The van der Waals surface area contributed by atoms with E-state index in [-0.39, 0.29) is 5.54 Å². The number of aromatic nitrogens is 2. The van der Waals surface area contributed by atoms with Gasteiger partial charge in [0, 0.05) is 37.0 Å². The average Bonchev–Trinajstić information content (AvgIpc) is 2.32. The normalized spacial score (nSPS) is 13.6. The predicted molar refractivity (Wildman–Crippen MR) is 83.3 cm³/mol. The Morgan fingerprint density at radius 3 is 2.15 bits per heavy atom. The first kappa shape index (κ1) is 17.1. The van der Waals surface area contributed by atoms with Crippen LogP contribution in [0, 0.1) is 13.8 Å². The molecule has 1 aromatic heterocycles. The van der Waals surface area contributed by atoms with E-state index in [4.69, 9.17) is 4.74 Å². The molecule has 0 amide bonds. The molecule has 1 heterocycles. The van der Waals surface area contributed by atoms with Crippen LogP contribution in [0.15, 0.2) is 0 Å². The molecule has 0 fully saturated rings. The van der Waals surface area contributed by atoms with Gasteiger partial charge in [-0.2, -0.15) is 0 Å². The molecule has 1 aromatic rings. The van der Waals surface area contributed by atoms with Crippen LogP contribution in [-0.2, 0) is 11.2 Å². The Kier molecular flexibility index (Phi) is 6.08. The van der Waals surface area contributed by atoms with Crippen LogP contribution in [0.5, 0.6) is 0 Å². The summed E-state index contributed by atoms with van der Waals surface area (Å²) < 4.78 is 5.09. The molecule has 1 rings (SSSR count). The van der Waals surface area contributed by atoms with Crippen molar-refractivity contribution in [1.29, 1.82) is 0 Å². The lowest BCUT2D eigenvalue weighted by molar-refractivity contribution is 0.200. The second-order valence-electron chi connectivity index (χ2n) is 6.50. The number of nitrogens with one attached hydrogen (secondary N) is 1. The van der Waals surface area contributed by atoms with Crippen molar-refractivity contribution >= 4 is 0 Å². The molecule has 0 bridgehead atoms. The van der Waals surface area contributed by atoms with Crippen LogP contribution in [0.1, 0.15) is 56.4 Å². The van der Waals surface area contributed by atoms with Crippen LogP contribution in [0.2, 0.25) is 0 Å². The van der Waals surface area contributed by atoms with Gasteiger partial charge < -0.3 is 10.1 Å². The molecule has 0 aliphatic rings. The van der Waals surface area contributed by atoms with Crippen LogP contribution in [-0.4, -0.2) is 35.8 Å². The molecule has 0 radical (unpaired) electrons. The molecule has 4 heteroatoms. The topological polar surface area (TPSA) is 47.0 Å². The summed E-state index contributed by atoms with van der Waals surface area (Å²) in [6, 6.07) is 0. The van der Waals surface area contributed by atoms with Gasteiger partial charge in [0.2, 0.25) is 0 Å². The maximum absolute atomic E-state index is 5.09. The number of hydrogen-bond donors (Lipinski definition) is 1. The van der Waals surface area contributed by atoms with Gasteiger partial charge in [0.05, 0.1) is 6.61 Å². The minimum absolute atomic E-state index is 0.134. The second kappa shape index (κ2) is 7.14.